The number of fused-ring (bicyclic) bond motifs is 1. The number of hydrogen-bond acceptors (Lipinski definition) is 8. The van der Waals surface area contributed by atoms with Crippen LogP contribution in [0.4, 0.5) is 0 Å². The van der Waals surface area contributed by atoms with Crippen molar-refractivity contribution >= 4 is 51.7 Å². The van der Waals surface area contributed by atoms with Gasteiger partial charge in [-0.05, 0) is 61.9 Å². The summed E-state index contributed by atoms with van der Waals surface area (Å²) in [6.07, 6.45) is 3.59. The van der Waals surface area contributed by atoms with Crippen molar-refractivity contribution in [3.05, 3.63) is 53.3 Å². The number of aliphatic imine (C=N–C) groups is 1. The molecule has 10 nitrogen and oxygen atoms in total. The van der Waals surface area contributed by atoms with Crippen LogP contribution < -0.4 is 0 Å². The minimum atomic E-state index is -0.571. The monoisotopic (exact) mass is 505 g/mol. The predicted molar refractivity (Wildman–Crippen MR) is 136 cm³/mol. The Hall–Kier alpha value is -3.99. The van der Waals surface area contributed by atoms with Crippen molar-refractivity contribution in [3.63, 3.8) is 0 Å². The highest BCUT2D eigenvalue weighted by Crippen LogP contribution is 2.31. The maximum atomic E-state index is 12.7. The molecule has 1 fully saturated rings. The van der Waals surface area contributed by atoms with Crippen molar-refractivity contribution < 1.29 is 23.5 Å². The van der Waals surface area contributed by atoms with Gasteiger partial charge in [0.05, 0.1) is 24.2 Å². The second kappa shape index (κ2) is 9.94. The van der Waals surface area contributed by atoms with E-state index < -0.39 is 11.9 Å². The third kappa shape index (κ3) is 4.74. The normalized spacial score (nSPS) is 18.4. The summed E-state index contributed by atoms with van der Waals surface area (Å²) >= 11 is 1.14. The number of hydrogen-bond donors (Lipinski definition) is 1. The smallest absolute Gasteiger partial charge is 0.338 e. The fourth-order valence-electron chi connectivity index (χ4n) is 4.02. The third-order valence-corrected chi connectivity index (χ3v) is 6.76. The number of esters is 1. The summed E-state index contributed by atoms with van der Waals surface area (Å²) in [7, 11) is 0. The molecular formula is C25H23N5O5S. The first kappa shape index (κ1) is 23.7. The van der Waals surface area contributed by atoms with E-state index in [0.29, 0.717) is 28.7 Å². The number of thioether (sulfide) groups is 1. The number of likely N-dealkylation sites (tertiary alicyclic amines) is 1. The Morgan fingerprint density at radius 2 is 1.92 bits per heavy atom. The number of rotatable bonds is 6. The van der Waals surface area contributed by atoms with Crippen LogP contribution in [0.1, 0.15) is 42.3 Å². The van der Waals surface area contributed by atoms with Gasteiger partial charge in [0, 0.05) is 18.7 Å². The van der Waals surface area contributed by atoms with Gasteiger partial charge >= 0.3 is 5.97 Å². The molecule has 4 heterocycles. The van der Waals surface area contributed by atoms with Crippen LogP contribution in [0.2, 0.25) is 0 Å². The van der Waals surface area contributed by atoms with E-state index in [4.69, 9.17) is 14.6 Å². The third-order valence-electron chi connectivity index (χ3n) is 5.85. The van der Waals surface area contributed by atoms with Crippen LogP contribution in [0.5, 0.6) is 0 Å². The highest BCUT2D eigenvalue weighted by atomic mass is 32.2. The molecule has 11 heteroatoms. The zero-order valence-electron chi connectivity index (χ0n) is 19.5. The first-order valence-corrected chi connectivity index (χ1v) is 12.4. The Kier molecular flexibility index (Phi) is 6.55. The molecule has 3 aliphatic heterocycles. The molecule has 2 amide bonds. The van der Waals surface area contributed by atoms with Crippen molar-refractivity contribution in [2.75, 3.05) is 19.7 Å². The van der Waals surface area contributed by atoms with Crippen LogP contribution in [0.25, 0.3) is 17.4 Å². The lowest BCUT2D eigenvalue weighted by Gasteiger charge is -2.19. The number of carbonyl (C=O) groups is 3. The predicted octanol–water partition coefficient (Wildman–Crippen LogP) is 3.75. The molecule has 36 heavy (non-hydrogen) atoms. The van der Waals surface area contributed by atoms with Crippen LogP contribution in [0.15, 0.2) is 56.5 Å². The Bertz CT molecular complexity index is 1330. The summed E-state index contributed by atoms with van der Waals surface area (Å²) in [6, 6.07) is 10.2. The maximum absolute atomic E-state index is 12.7. The minimum Gasteiger partial charge on any atom is -0.462 e. The van der Waals surface area contributed by atoms with Crippen molar-refractivity contribution in [2.45, 2.75) is 26.2 Å². The molecule has 0 saturated carbocycles. The van der Waals surface area contributed by atoms with Gasteiger partial charge in [-0.1, -0.05) is 12.1 Å². The summed E-state index contributed by atoms with van der Waals surface area (Å²) in [5.74, 6) is -0.198. The first-order valence-electron chi connectivity index (χ1n) is 11.6. The lowest BCUT2D eigenvalue weighted by molar-refractivity contribution is -0.128. The van der Waals surface area contributed by atoms with Gasteiger partial charge < -0.3 is 14.1 Å². The summed E-state index contributed by atoms with van der Waals surface area (Å²) in [5, 5.41) is 14.9. The number of hydrazone groups is 1. The van der Waals surface area contributed by atoms with Gasteiger partial charge in [0.1, 0.15) is 16.6 Å². The molecule has 1 aromatic heterocycles. The molecule has 5 rings (SSSR count). The molecule has 1 saturated heterocycles. The van der Waals surface area contributed by atoms with E-state index in [9.17, 15) is 14.4 Å². The van der Waals surface area contributed by atoms with E-state index in [1.807, 2.05) is 4.90 Å². The van der Waals surface area contributed by atoms with Gasteiger partial charge in [-0.15, -0.1) is 0 Å². The Balaban J connectivity index is 1.31. The molecule has 0 aliphatic carbocycles. The average Bonchev–Trinajstić information content (AvgIpc) is 3.63. The van der Waals surface area contributed by atoms with Crippen LogP contribution in [0.3, 0.4) is 0 Å². The van der Waals surface area contributed by atoms with E-state index in [1.165, 1.54) is 11.1 Å². The van der Waals surface area contributed by atoms with Crippen molar-refractivity contribution in [1.82, 2.24) is 9.91 Å². The number of amides is 2. The Morgan fingerprint density at radius 3 is 2.64 bits per heavy atom. The second-order valence-corrected chi connectivity index (χ2v) is 9.32. The van der Waals surface area contributed by atoms with Crippen LogP contribution in [0, 0.1) is 5.41 Å². The van der Waals surface area contributed by atoms with Gasteiger partial charge in [0.25, 0.3) is 5.91 Å². The molecule has 1 aromatic carbocycles. The molecule has 3 aliphatic rings. The summed E-state index contributed by atoms with van der Waals surface area (Å²) in [6.45, 7) is 3.56. The largest absolute Gasteiger partial charge is 0.462 e. The molecule has 2 aromatic rings. The van der Waals surface area contributed by atoms with Crippen molar-refractivity contribution in [3.8, 4) is 11.3 Å². The van der Waals surface area contributed by atoms with Crippen LogP contribution in [-0.4, -0.2) is 63.4 Å². The van der Waals surface area contributed by atoms with E-state index in [0.717, 1.165) is 43.3 Å². The number of nitrogens with zero attached hydrogens (tertiary/aromatic N) is 4. The molecule has 0 bridgehead atoms. The SMILES string of the molecule is CCOC(=O)c1ccc(-c2ccc(/C=C3/C(=N)N4N=C(CC(=O)N5CCCC5)SC4=NC3=O)o2)cc1. The zero-order valence-corrected chi connectivity index (χ0v) is 20.3. The molecule has 0 unspecified atom stereocenters. The standard InChI is InChI=1S/C25H23N5O5S/c1-2-34-24(33)16-7-5-15(6-8-16)19-10-9-17(35-19)13-18-22(26)30-25(27-23(18)32)36-20(28-30)14-21(31)29-11-3-4-12-29/h5-10,13,26H,2-4,11-12,14H2,1H3/b18-13-,26-22?. The second-order valence-electron chi connectivity index (χ2n) is 8.28. The number of nitrogens with one attached hydrogen (secondary N) is 1. The Morgan fingerprint density at radius 1 is 1.17 bits per heavy atom. The lowest BCUT2D eigenvalue weighted by atomic mass is 10.1. The number of ether oxygens (including phenoxy) is 1. The fourth-order valence-corrected chi connectivity index (χ4v) is 4.90. The lowest BCUT2D eigenvalue weighted by Crippen LogP contribution is -2.35. The van der Waals surface area contributed by atoms with Crippen LogP contribution in [-0.2, 0) is 14.3 Å². The summed E-state index contributed by atoms with van der Waals surface area (Å²) in [4.78, 5) is 42.9. The molecule has 1 N–H and O–H groups in total. The quantitative estimate of drug-likeness (QED) is 0.468. The van der Waals surface area contributed by atoms with Gasteiger partial charge in [-0.2, -0.15) is 15.1 Å². The van der Waals surface area contributed by atoms with Crippen molar-refractivity contribution in [1.29, 1.82) is 5.41 Å². The van der Waals surface area contributed by atoms with E-state index in [2.05, 4.69) is 10.1 Å². The molecule has 0 radical (unpaired) electrons. The Labute approximate surface area is 211 Å². The van der Waals surface area contributed by atoms with E-state index in [-0.39, 0.29) is 28.9 Å². The molecule has 184 valence electrons. The number of furan rings is 1. The zero-order chi connectivity index (χ0) is 25.2. The molecular weight excluding hydrogens is 482 g/mol. The maximum Gasteiger partial charge on any atom is 0.338 e. The van der Waals surface area contributed by atoms with Crippen molar-refractivity contribution in [2.24, 2.45) is 10.1 Å². The highest BCUT2D eigenvalue weighted by Gasteiger charge is 2.36. The summed E-state index contributed by atoms with van der Waals surface area (Å²) in [5.41, 5.74) is 1.22. The minimum absolute atomic E-state index is 0.00813. The number of benzene rings is 1. The van der Waals surface area contributed by atoms with Gasteiger partial charge in [0.2, 0.25) is 11.1 Å². The van der Waals surface area contributed by atoms with E-state index >= 15 is 0 Å². The highest BCUT2D eigenvalue weighted by molar-refractivity contribution is 8.27. The van der Waals surface area contributed by atoms with Gasteiger partial charge in [-0.25, -0.2) is 4.79 Å². The molecule has 0 atom stereocenters. The van der Waals surface area contributed by atoms with Gasteiger partial charge in [0.15, 0.2) is 5.84 Å². The fraction of sp³-hybridized carbons (Fsp3) is 0.280. The number of carbonyl (C=O) groups excluding carboxylic acids is 3. The first-order chi connectivity index (χ1) is 17.4. The topological polar surface area (TPSA) is 129 Å². The van der Waals surface area contributed by atoms with Crippen LogP contribution >= 0.6 is 11.8 Å². The molecule has 0 spiro atoms. The number of amidine groups is 2. The van der Waals surface area contributed by atoms with E-state index in [1.54, 1.807) is 43.3 Å². The average molecular weight is 506 g/mol. The summed E-state index contributed by atoms with van der Waals surface area (Å²) < 4.78 is 10.9. The van der Waals surface area contributed by atoms with Gasteiger partial charge in [-0.3, -0.25) is 15.0 Å².